The van der Waals surface area contributed by atoms with Crippen molar-refractivity contribution in [1.82, 2.24) is 0 Å². The molecule has 0 aromatic heterocycles. The van der Waals surface area contributed by atoms with Gasteiger partial charge in [-0.05, 0) is 31.6 Å². The second-order valence-electron chi connectivity index (χ2n) is 3.50. The molecule has 15 heavy (non-hydrogen) atoms. The van der Waals surface area contributed by atoms with E-state index in [-0.39, 0.29) is 5.70 Å². The lowest BCUT2D eigenvalue weighted by Crippen LogP contribution is -2.27. The number of carbonyl (C=O) groups excluding carboxylic acids is 1. The highest BCUT2D eigenvalue weighted by Crippen LogP contribution is 2.22. The Balaban J connectivity index is 4.12. The third-order valence-corrected chi connectivity index (χ3v) is 2.43. The van der Waals surface area contributed by atoms with Gasteiger partial charge in [0.1, 0.15) is 11.3 Å². The average Bonchev–Trinajstić information content (AvgIpc) is 2.09. The lowest BCUT2D eigenvalue weighted by atomic mass is 10.2. The van der Waals surface area contributed by atoms with Gasteiger partial charge in [0.15, 0.2) is 0 Å². The Morgan fingerprint density at radius 2 is 2.07 bits per heavy atom. The van der Waals surface area contributed by atoms with Crippen LogP contribution >= 0.6 is 21.6 Å². The highest BCUT2D eigenvalue weighted by atomic mass is 33.1. The monoisotopic (exact) mass is 246 g/mol. The van der Waals surface area contributed by atoms with Crippen LogP contribution in [0.5, 0.6) is 0 Å². The van der Waals surface area contributed by atoms with Crippen molar-refractivity contribution < 1.29 is 9.53 Å². The topological polar surface area (TPSA) is 78.3 Å². The first kappa shape index (κ1) is 14.1. The minimum atomic E-state index is -0.537. The Bertz CT molecular complexity index is 310. The molecule has 0 atom stereocenters. The van der Waals surface area contributed by atoms with E-state index in [0.29, 0.717) is 0 Å². The van der Waals surface area contributed by atoms with Crippen molar-refractivity contribution >= 4 is 27.6 Å². The summed E-state index contributed by atoms with van der Waals surface area (Å²) in [5, 5.41) is 4.02. The van der Waals surface area contributed by atoms with Crippen LogP contribution in [0.1, 0.15) is 20.8 Å². The Kier molecular flexibility index (Phi) is 6.13. The molecule has 0 radical (unpaired) electrons. The van der Waals surface area contributed by atoms with Crippen LogP contribution in [0.4, 0.5) is 0 Å². The molecule has 0 spiro atoms. The molecular weight excluding hydrogens is 232 g/mol. The molecule has 6 heteroatoms. The summed E-state index contributed by atoms with van der Waals surface area (Å²) >= 11 is 0. The van der Waals surface area contributed by atoms with Crippen LogP contribution in [0.3, 0.4) is 0 Å². The average molecular weight is 246 g/mol. The van der Waals surface area contributed by atoms with Crippen LogP contribution in [0.25, 0.3) is 0 Å². The number of rotatable bonds is 3. The lowest BCUT2D eigenvalue weighted by Gasteiger charge is -2.19. The molecule has 0 heterocycles. The van der Waals surface area contributed by atoms with Gasteiger partial charge in [-0.2, -0.15) is 0 Å². The van der Waals surface area contributed by atoms with Crippen LogP contribution in [0, 0.1) is 11.3 Å². The predicted molar refractivity (Wildman–Crippen MR) is 65.3 cm³/mol. The van der Waals surface area contributed by atoms with E-state index in [1.165, 1.54) is 27.0 Å². The van der Waals surface area contributed by atoms with E-state index in [2.05, 4.69) is 11.3 Å². The highest BCUT2D eigenvalue weighted by Gasteiger charge is 2.17. The molecule has 0 saturated heterocycles. The van der Waals surface area contributed by atoms with Crippen LogP contribution in [0.2, 0.25) is 0 Å². The molecule has 0 amide bonds. The van der Waals surface area contributed by atoms with Crippen LogP contribution < -0.4 is 11.5 Å². The first-order chi connectivity index (χ1) is 6.87. The Labute approximate surface area is 97.6 Å². The molecule has 0 aliphatic rings. The molecule has 4 nitrogen and oxygen atoms in total. The number of hydrogen-bond donors (Lipinski definition) is 2. The maximum atomic E-state index is 11.3. The van der Waals surface area contributed by atoms with Crippen LogP contribution in [-0.2, 0) is 9.53 Å². The van der Waals surface area contributed by atoms with Gasteiger partial charge in [0.05, 0.1) is 0 Å². The molecule has 0 unspecified atom stereocenters. The van der Waals surface area contributed by atoms with E-state index in [1.54, 1.807) is 20.8 Å². The van der Waals surface area contributed by atoms with E-state index in [4.69, 9.17) is 16.2 Å². The van der Waals surface area contributed by atoms with Gasteiger partial charge in [0.2, 0.25) is 0 Å². The van der Waals surface area contributed by atoms with Gasteiger partial charge >= 0.3 is 5.97 Å². The molecule has 0 bridgehead atoms. The van der Waals surface area contributed by atoms with E-state index < -0.39 is 11.6 Å². The number of ether oxygens (including phenoxy) is 1. The summed E-state index contributed by atoms with van der Waals surface area (Å²) in [4.78, 5) is 11.3. The number of hydrogen-bond acceptors (Lipinski definition) is 6. The van der Waals surface area contributed by atoms with Crippen molar-refractivity contribution in [2.45, 2.75) is 26.4 Å². The molecule has 0 fully saturated rings. The largest absolute Gasteiger partial charge is 0.455 e. The minimum absolute atomic E-state index is 0.0567. The molecule has 84 valence electrons. The second kappa shape index (κ2) is 6.53. The van der Waals surface area contributed by atoms with Crippen LogP contribution in [-0.4, -0.2) is 11.6 Å². The fourth-order valence-electron chi connectivity index (χ4n) is 0.509. The van der Waals surface area contributed by atoms with Crippen molar-refractivity contribution in [2.75, 3.05) is 0 Å². The maximum absolute atomic E-state index is 11.3. The van der Waals surface area contributed by atoms with Gasteiger partial charge in [-0.15, -0.1) is 0 Å². The molecule has 0 aromatic rings. The molecule has 0 rings (SSSR count). The minimum Gasteiger partial charge on any atom is -0.455 e. The zero-order valence-corrected chi connectivity index (χ0v) is 10.5. The zero-order chi connectivity index (χ0) is 11.9. The molecule has 0 aliphatic heterocycles. The summed E-state index contributed by atoms with van der Waals surface area (Å²) in [6, 6.07) is 2.21. The number of esters is 1. The Morgan fingerprint density at radius 3 is 2.53 bits per heavy atom. The van der Waals surface area contributed by atoms with Gasteiger partial charge < -0.3 is 16.2 Å². The van der Waals surface area contributed by atoms with Crippen molar-refractivity contribution in [3.05, 3.63) is 11.1 Å². The summed E-state index contributed by atoms with van der Waals surface area (Å²) < 4.78 is 5.04. The number of nitrogens with two attached hydrogens (primary N) is 2. The first-order valence-electron chi connectivity index (χ1n) is 4.08. The zero-order valence-electron chi connectivity index (χ0n) is 8.87. The third kappa shape index (κ3) is 8.09. The second-order valence-corrected chi connectivity index (χ2v) is 5.38. The van der Waals surface area contributed by atoms with Gasteiger partial charge in [-0.3, -0.25) is 0 Å². The SMILES string of the molecule is CC(C)(C)OC(=O)/C(N)=C/SSC#CN. The number of carbonyl (C=O) groups is 1. The summed E-state index contributed by atoms with van der Waals surface area (Å²) in [7, 11) is 2.40. The fourth-order valence-corrected chi connectivity index (χ4v) is 1.60. The maximum Gasteiger partial charge on any atom is 0.355 e. The van der Waals surface area contributed by atoms with E-state index in [9.17, 15) is 4.79 Å². The Hall–Kier alpha value is -0.930. The van der Waals surface area contributed by atoms with Crippen LogP contribution in [0.15, 0.2) is 11.1 Å². The molecule has 4 N–H and O–H groups in total. The summed E-state index contributed by atoms with van der Waals surface area (Å²) in [6.07, 6.45) is 0. The van der Waals surface area contributed by atoms with E-state index in [0.717, 1.165) is 0 Å². The van der Waals surface area contributed by atoms with Crippen molar-refractivity contribution in [1.29, 1.82) is 0 Å². The van der Waals surface area contributed by atoms with Gasteiger partial charge in [0, 0.05) is 27.5 Å². The van der Waals surface area contributed by atoms with Gasteiger partial charge in [-0.25, -0.2) is 4.79 Å². The lowest BCUT2D eigenvalue weighted by molar-refractivity contribution is -0.149. The van der Waals surface area contributed by atoms with Gasteiger partial charge in [0.25, 0.3) is 0 Å². The smallest absolute Gasteiger partial charge is 0.355 e. The fraction of sp³-hybridized carbons (Fsp3) is 0.444. The standard InChI is InChI=1S/C9H14N2O2S2/c1-9(2,3)13-8(12)7(11)6-15-14-5-4-10/h6H,10-11H2,1-3H3/b7-6-. The predicted octanol–water partition coefficient (Wildman–Crippen LogP) is 1.39. The molecular formula is C9H14N2O2S2. The van der Waals surface area contributed by atoms with Gasteiger partial charge in [-0.1, -0.05) is 0 Å². The molecule has 0 saturated carbocycles. The summed E-state index contributed by atoms with van der Waals surface area (Å²) in [6.45, 7) is 5.33. The van der Waals surface area contributed by atoms with Crippen molar-refractivity contribution in [3.63, 3.8) is 0 Å². The van der Waals surface area contributed by atoms with Crippen molar-refractivity contribution in [2.24, 2.45) is 11.5 Å². The normalized spacial score (nSPS) is 11.5. The Morgan fingerprint density at radius 1 is 1.47 bits per heavy atom. The molecule has 0 aromatic carbocycles. The highest BCUT2D eigenvalue weighted by molar-refractivity contribution is 8.79. The summed E-state index contributed by atoms with van der Waals surface area (Å²) in [5.41, 5.74) is 9.95. The van der Waals surface area contributed by atoms with E-state index >= 15 is 0 Å². The van der Waals surface area contributed by atoms with E-state index in [1.807, 2.05) is 0 Å². The van der Waals surface area contributed by atoms with Crippen molar-refractivity contribution in [3.8, 4) is 11.3 Å². The molecule has 0 aliphatic carbocycles. The summed E-state index contributed by atoms with van der Waals surface area (Å²) in [5.74, 6) is -0.531. The first-order valence-corrected chi connectivity index (χ1v) is 6.30. The quantitative estimate of drug-likeness (QED) is 0.196. The third-order valence-electron chi connectivity index (χ3n) is 0.958.